The molecule has 0 aromatic carbocycles. The van der Waals surface area contributed by atoms with E-state index in [9.17, 15) is 4.79 Å². The maximum Gasteiger partial charge on any atom is 0.307 e. The predicted molar refractivity (Wildman–Crippen MR) is 64.9 cm³/mol. The second-order valence-electron chi connectivity index (χ2n) is 4.47. The van der Waals surface area contributed by atoms with Crippen LogP contribution in [-0.4, -0.2) is 22.1 Å². The van der Waals surface area contributed by atoms with Gasteiger partial charge < -0.3 is 9.30 Å². The lowest BCUT2D eigenvalue weighted by Crippen LogP contribution is -2.13. The van der Waals surface area contributed by atoms with Crippen LogP contribution in [-0.2, 0) is 28.9 Å². The summed E-state index contributed by atoms with van der Waals surface area (Å²) in [6, 6.07) is 0. The van der Waals surface area contributed by atoms with Crippen LogP contribution in [0.15, 0.2) is 0 Å². The molecule has 94 valence electrons. The van der Waals surface area contributed by atoms with E-state index in [0.29, 0.717) is 19.6 Å². The molecule has 0 fully saturated rings. The standard InChI is InChI=1S/C13H20N2O2/c1-3-17-13(16)8-9-15-10(2)14-11-6-4-5-7-12(11)15/h3-9H2,1-2H3. The van der Waals surface area contributed by atoms with Crippen molar-refractivity contribution in [1.29, 1.82) is 0 Å². The van der Waals surface area contributed by atoms with Gasteiger partial charge in [0, 0.05) is 12.2 Å². The summed E-state index contributed by atoms with van der Waals surface area (Å²) in [6.07, 6.45) is 5.10. The van der Waals surface area contributed by atoms with Gasteiger partial charge in [-0.25, -0.2) is 4.98 Å². The highest BCUT2D eigenvalue weighted by molar-refractivity contribution is 5.69. The zero-order valence-electron chi connectivity index (χ0n) is 10.7. The number of aromatic nitrogens is 2. The molecule has 0 saturated heterocycles. The molecule has 0 spiro atoms. The van der Waals surface area contributed by atoms with Crippen molar-refractivity contribution in [2.24, 2.45) is 0 Å². The number of ether oxygens (including phenoxy) is 1. The van der Waals surface area contributed by atoms with Gasteiger partial charge in [-0.2, -0.15) is 0 Å². The van der Waals surface area contributed by atoms with E-state index < -0.39 is 0 Å². The molecule has 4 heteroatoms. The van der Waals surface area contributed by atoms with E-state index >= 15 is 0 Å². The predicted octanol–water partition coefficient (Wildman–Crippen LogP) is 2.02. The summed E-state index contributed by atoms with van der Waals surface area (Å²) >= 11 is 0. The first-order valence-corrected chi connectivity index (χ1v) is 6.43. The third-order valence-electron chi connectivity index (χ3n) is 3.27. The zero-order chi connectivity index (χ0) is 12.3. The van der Waals surface area contributed by atoms with Crippen molar-refractivity contribution >= 4 is 5.97 Å². The lowest BCUT2D eigenvalue weighted by atomic mass is 10.0. The molecule has 0 amide bonds. The average Bonchev–Trinajstić information content (AvgIpc) is 2.62. The Morgan fingerprint density at radius 2 is 2.18 bits per heavy atom. The molecule has 0 N–H and O–H groups in total. The number of hydrogen-bond acceptors (Lipinski definition) is 3. The molecular weight excluding hydrogens is 216 g/mol. The van der Waals surface area contributed by atoms with E-state index in [-0.39, 0.29) is 5.97 Å². The van der Waals surface area contributed by atoms with Gasteiger partial charge in [0.2, 0.25) is 0 Å². The fourth-order valence-corrected chi connectivity index (χ4v) is 2.47. The van der Waals surface area contributed by atoms with Gasteiger partial charge in [-0.15, -0.1) is 0 Å². The third-order valence-corrected chi connectivity index (χ3v) is 3.27. The fraction of sp³-hybridized carbons (Fsp3) is 0.692. The Labute approximate surface area is 102 Å². The largest absolute Gasteiger partial charge is 0.466 e. The number of imidazole rings is 1. The van der Waals surface area contributed by atoms with Gasteiger partial charge >= 0.3 is 5.97 Å². The minimum Gasteiger partial charge on any atom is -0.466 e. The third kappa shape index (κ3) is 2.68. The molecule has 4 nitrogen and oxygen atoms in total. The normalized spacial score (nSPS) is 14.5. The van der Waals surface area contributed by atoms with Gasteiger partial charge in [0.15, 0.2) is 0 Å². The van der Waals surface area contributed by atoms with E-state index in [0.717, 1.165) is 18.7 Å². The van der Waals surface area contributed by atoms with Crippen LogP contribution in [0.1, 0.15) is 43.4 Å². The lowest BCUT2D eigenvalue weighted by molar-refractivity contribution is -0.143. The molecule has 0 saturated carbocycles. The quantitative estimate of drug-likeness (QED) is 0.751. The van der Waals surface area contributed by atoms with Crippen LogP contribution < -0.4 is 0 Å². The number of nitrogens with zero attached hydrogens (tertiary/aromatic N) is 2. The highest BCUT2D eigenvalue weighted by Crippen LogP contribution is 2.22. The summed E-state index contributed by atoms with van der Waals surface area (Å²) in [6.45, 7) is 5.01. The van der Waals surface area contributed by atoms with Crippen molar-refractivity contribution in [3.63, 3.8) is 0 Å². The lowest BCUT2D eigenvalue weighted by Gasteiger charge is -2.14. The SMILES string of the molecule is CCOC(=O)CCn1c(C)nc2c1CCCC2. The van der Waals surface area contributed by atoms with Crippen LogP contribution in [0.2, 0.25) is 0 Å². The first-order chi connectivity index (χ1) is 8.22. The van der Waals surface area contributed by atoms with Crippen molar-refractivity contribution in [3.8, 4) is 0 Å². The van der Waals surface area contributed by atoms with Crippen LogP contribution in [0.3, 0.4) is 0 Å². The van der Waals surface area contributed by atoms with Crippen molar-refractivity contribution in [2.75, 3.05) is 6.61 Å². The number of aryl methyl sites for hydroxylation is 2. The van der Waals surface area contributed by atoms with Crippen molar-refractivity contribution in [3.05, 3.63) is 17.2 Å². The molecule has 1 aromatic heterocycles. The van der Waals surface area contributed by atoms with Gasteiger partial charge in [0.05, 0.1) is 18.7 Å². The average molecular weight is 236 g/mol. The molecule has 0 radical (unpaired) electrons. The molecule has 1 aliphatic carbocycles. The van der Waals surface area contributed by atoms with Gasteiger partial charge in [0.1, 0.15) is 5.82 Å². The van der Waals surface area contributed by atoms with E-state index in [1.807, 2.05) is 13.8 Å². The molecule has 1 aromatic rings. The van der Waals surface area contributed by atoms with Crippen molar-refractivity contribution in [1.82, 2.24) is 9.55 Å². The molecule has 2 rings (SSSR count). The summed E-state index contributed by atoms with van der Waals surface area (Å²) in [7, 11) is 0. The molecular formula is C13H20N2O2. The number of carbonyl (C=O) groups excluding carboxylic acids is 1. The van der Waals surface area contributed by atoms with E-state index in [2.05, 4.69) is 9.55 Å². The molecule has 0 aliphatic heterocycles. The summed E-state index contributed by atoms with van der Waals surface area (Å²) in [5, 5.41) is 0. The van der Waals surface area contributed by atoms with Crippen LogP contribution in [0.5, 0.6) is 0 Å². The van der Waals surface area contributed by atoms with Gasteiger partial charge in [-0.1, -0.05) is 0 Å². The van der Waals surface area contributed by atoms with Gasteiger partial charge in [-0.3, -0.25) is 4.79 Å². The molecule has 0 unspecified atom stereocenters. The summed E-state index contributed by atoms with van der Waals surface area (Å²) in [5.41, 5.74) is 2.57. The second kappa shape index (κ2) is 5.34. The smallest absolute Gasteiger partial charge is 0.307 e. The Bertz CT molecular complexity index is 410. The Balaban J connectivity index is 2.05. The monoisotopic (exact) mass is 236 g/mol. The van der Waals surface area contributed by atoms with Crippen molar-refractivity contribution < 1.29 is 9.53 Å². The van der Waals surface area contributed by atoms with Crippen molar-refractivity contribution in [2.45, 2.75) is 52.5 Å². The Morgan fingerprint density at radius 1 is 1.41 bits per heavy atom. The first kappa shape index (κ1) is 12.1. The minimum atomic E-state index is -0.120. The van der Waals surface area contributed by atoms with Gasteiger partial charge in [0.25, 0.3) is 0 Å². The molecule has 0 bridgehead atoms. The zero-order valence-corrected chi connectivity index (χ0v) is 10.7. The Hall–Kier alpha value is -1.32. The summed E-state index contributed by atoms with van der Waals surface area (Å²) < 4.78 is 7.14. The van der Waals surface area contributed by atoms with Crippen LogP contribution >= 0.6 is 0 Å². The summed E-state index contributed by atoms with van der Waals surface area (Å²) in [4.78, 5) is 15.9. The Morgan fingerprint density at radius 3 is 2.94 bits per heavy atom. The number of fused-ring (bicyclic) bond motifs is 1. The van der Waals surface area contributed by atoms with E-state index in [4.69, 9.17) is 4.74 Å². The molecule has 17 heavy (non-hydrogen) atoms. The fourth-order valence-electron chi connectivity index (χ4n) is 2.47. The highest BCUT2D eigenvalue weighted by atomic mass is 16.5. The highest BCUT2D eigenvalue weighted by Gasteiger charge is 2.18. The molecule has 0 atom stereocenters. The Kier molecular flexibility index (Phi) is 3.82. The number of hydrogen-bond donors (Lipinski definition) is 0. The minimum absolute atomic E-state index is 0.120. The molecule has 1 heterocycles. The number of esters is 1. The van der Waals surface area contributed by atoms with Gasteiger partial charge in [-0.05, 0) is 39.5 Å². The number of carbonyl (C=O) groups is 1. The van der Waals surface area contributed by atoms with E-state index in [1.165, 1.54) is 24.2 Å². The maximum atomic E-state index is 11.4. The topological polar surface area (TPSA) is 44.1 Å². The molecule has 1 aliphatic rings. The van der Waals surface area contributed by atoms with Crippen LogP contribution in [0, 0.1) is 6.92 Å². The van der Waals surface area contributed by atoms with Crippen LogP contribution in [0.4, 0.5) is 0 Å². The van der Waals surface area contributed by atoms with E-state index in [1.54, 1.807) is 0 Å². The van der Waals surface area contributed by atoms with Crippen LogP contribution in [0.25, 0.3) is 0 Å². The second-order valence-corrected chi connectivity index (χ2v) is 4.47. The first-order valence-electron chi connectivity index (χ1n) is 6.43. The maximum absolute atomic E-state index is 11.4. The summed E-state index contributed by atoms with van der Waals surface area (Å²) in [5.74, 6) is 0.909. The number of rotatable bonds is 4.